The van der Waals surface area contributed by atoms with Gasteiger partial charge in [0.05, 0.1) is 11.3 Å². The molecular formula is C17H15N3O4. The summed E-state index contributed by atoms with van der Waals surface area (Å²) in [6.45, 7) is 2.78. The van der Waals surface area contributed by atoms with Crippen LogP contribution in [0.4, 0.5) is 10.5 Å². The highest BCUT2D eigenvalue weighted by Crippen LogP contribution is 2.28. The zero-order valence-electron chi connectivity index (χ0n) is 13.2. The molecule has 1 heterocycles. The van der Waals surface area contributed by atoms with Crippen LogP contribution in [0.2, 0.25) is 0 Å². The molecule has 0 bridgehead atoms. The quantitative estimate of drug-likeness (QED) is 0.619. The second-order valence-electron chi connectivity index (χ2n) is 5.15. The van der Waals surface area contributed by atoms with Crippen molar-refractivity contribution in [1.29, 1.82) is 5.26 Å². The minimum Gasteiger partial charge on any atom is -0.299 e. The molecule has 7 heteroatoms. The topological polar surface area (TPSA) is 98.6 Å². The van der Waals surface area contributed by atoms with E-state index < -0.39 is 29.5 Å². The lowest BCUT2D eigenvalue weighted by molar-refractivity contribution is -0.145. The molecule has 2 rings (SSSR count). The molecule has 1 aromatic carbocycles. The Labute approximate surface area is 138 Å². The Morgan fingerprint density at radius 2 is 1.92 bits per heavy atom. The van der Waals surface area contributed by atoms with E-state index in [-0.39, 0.29) is 17.8 Å². The lowest BCUT2D eigenvalue weighted by atomic mass is 9.98. The Balaban J connectivity index is 2.58. The molecule has 0 aliphatic carbocycles. The first-order valence-electron chi connectivity index (χ1n) is 7.24. The number of rotatable bonds is 4. The van der Waals surface area contributed by atoms with E-state index in [9.17, 15) is 24.4 Å². The third kappa shape index (κ3) is 2.82. The van der Waals surface area contributed by atoms with Crippen LogP contribution in [0.25, 0.3) is 0 Å². The molecule has 1 unspecified atom stereocenters. The summed E-state index contributed by atoms with van der Waals surface area (Å²) in [4.78, 5) is 50.9. The second-order valence-corrected chi connectivity index (χ2v) is 5.15. The van der Waals surface area contributed by atoms with Gasteiger partial charge in [-0.1, -0.05) is 24.3 Å². The molecule has 0 saturated carbocycles. The summed E-state index contributed by atoms with van der Waals surface area (Å²) in [5.41, 5.74) is 0.154. The van der Waals surface area contributed by atoms with Crippen molar-refractivity contribution >= 4 is 29.3 Å². The number of carbonyl (C=O) groups excluding carboxylic acids is 4. The normalized spacial score (nSPS) is 18.2. The Bertz CT molecular complexity index is 791. The number of hydrogen-bond donors (Lipinski definition) is 0. The van der Waals surface area contributed by atoms with E-state index >= 15 is 0 Å². The lowest BCUT2D eigenvalue weighted by Gasteiger charge is -2.35. The van der Waals surface area contributed by atoms with Crippen molar-refractivity contribution in [3.63, 3.8) is 0 Å². The van der Waals surface area contributed by atoms with Crippen LogP contribution in [-0.4, -0.2) is 35.1 Å². The number of benzene rings is 1. The maximum absolute atomic E-state index is 12.6. The van der Waals surface area contributed by atoms with E-state index in [2.05, 4.69) is 0 Å². The SMILES string of the molecule is CC=CCN1C(=O)C(C(C)=O)C(=O)N(c2ccccc2C#N)C1=O. The first-order valence-corrected chi connectivity index (χ1v) is 7.24. The van der Waals surface area contributed by atoms with Gasteiger partial charge in [-0.15, -0.1) is 0 Å². The maximum Gasteiger partial charge on any atom is 0.338 e. The minimum atomic E-state index is -1.58. The summed E-state index contributed by atoms with van der Waals surface area (Å²) >= 11 is 0. The van der Waals surface area contributed by atoms with Crippen LogP contribution < -0.4 is 4.90 Å². The summed E-state index contributed by atoms with van der Waals surface area (Å²) in [5.74, 6) is -4.01. The van der Waals surface area contributed by atoms with Gasteiger partial charge < -0.3 is 0 Å². The van der Waals surface area contributed by atoms with E-state index in [1.807, 2.05) is 6.07 Å². The number of amides is 4. The van der Waals surface area contributed by atoms with E-state index in [1.165, 1.54) is 12.1 Å². The van der Waals surface area contributed by atoms with Crippen molar-refractivity contribution < 1.29 is 19.2 Å². The Morgan fingerprint density at radius 1 is 1.25 bits per heavy atom. The molecule has 1 aliphatic heterocycles. The summed E-state index contributed by atoms with van der Waals surface area (Å²) in [6.07, 6.45) is 3.21. The van der Waals surface area contributed by atoms with E-state index in [1.54, 1.807) is 31.2 Å². The van der Waals surface area contributed by atoms with Crippen LogP contribution in [0.15, 0.2) is 36.4 Å². The summed E-state index contributed by atoms with van der Waals surface area (Å²) in [7, 11) is 0. The van der Waals surface area contributed by atoms with Crippen molar-refractivity contribution in [1.82, 2.24) is 4.90 Å². The molecule has 1 saturated heterocycles. The van der Waals surface area contributed by atoms with E-state index in [0.717, 1.165) is 16.7 Å². The predicted molar refractivity (Wildman–Crippen MR) is 84.7 cm³/mol. The molecule has 4 amide bonds. The Kier molecular flexibility index (Phi) is 4.90. The highest BCUT2D eigenvalue weighted by molar-refractivity contribution is 6.34. The highest BCUT2D eigenvalue weighted by Gasteiger charge is 2.48. The number of allylic oxidation sites excluding steroid dienone is 1. The molecule has 0 aromatic heterocycles. The minimum absolute atomic E-state index is 0.0548. The van der Waals surface area contributed by atoms with Crippen LogP contribution in [0.3, 0.4) is 0 Å². The Morgan fingerprint density at radius 3 is 2.50 bits per heavy atom. The van der Waals surface area contributed by atoms with E-state index in [0.29, 0.717) is 0 Å². The third-order valence-corrected chi connectivity index (χ3v) is 3.60. The molecule has 0 spiro atoms. The summed E-state index contributed by atoms with van der Waals surface area (Å²) in [5, 5.41) is 9.20. The zero-order chi connectivity index (χ0) is 17.9. The van der Waals surface area contributed by atoms with Crippen molar-refractivity contribution in [2.75, 3.05) is 11.4 Å². The van der Waals surface area contributed by atoms with Gasteiger partial charge in [0, 0.05) is 6.54 Å². The van der Waals surface area contributed by atoms with Gasteiger partial charge in [-0.05, 0) is 26.0 Å². The number of anilines is 1. The molecule has 1 aliphatic rings. The van der Waals surface area contributed by atoms with Gasteiger partial charge >= 0.3 is 6.03 Å². The van der Waals surface area contributed by atoms with Crippen molar-refractivity contribution in [3.8, 4) is 6.07 Å². The number of Topliss-reactive ketones (excluding diaryl/α,β-unsaturated/α-hetero) is 1. The molecule has 0 radical (unpaired) electrons. The van der Waals surface area contributed by atoms with Crippen molar-refractivity contribution in [2.45, 2.75) is 13.8 Å². The average Bonchev–Trinajstić information content (AvgIpc) is 2.54. The van der Waals surface area contributed by atoms with Gasteiger partial charge in [0.15, 0.2) is 11.7 Å². The summed E-state index contributed by atoms with van der Waals surface area (Å²) in [6, 6.07) is 7.05. The van der Waals surface area contributed by atoms with Gasteiger partial charge in [-0.25, -0.2) is 9.69 Å². The largest absolute Gasteiger partial charge is 0.338 e. The number of nitrogens with zero attached hydrogens (tertiary/aromatic N) is 3. The van der Waals surface area contributed by atoms with E-state index in [4.69, 9.17) is 0 Å². The van der Waals surface area contributed by atoms with Crippen LogP contribution in [0.5, 0.6) is 0 Å². The fourth-order valence-electron chi connectivity index (χ4n) is 2.41. The van der Waals surface area contributed by atoms with Gasteiger partial charge in [0.1, 0.15) is 6.07 Å². The molecule has 7 nitrogen and oxygen atoms in total. The molecular weight excluding hydrogens is 310 g/mol. The zero-order valence-corrected chi connectivity index (χ0v) is 13.2. The average molecular weight is 325 g/mol. The van der Waals surface area contributed by atoms with Gasteiger partial charge in [0.25, 0.3) is 11.8 Å². The number of hydrogen-bond acceptors (Lipinski definition) is 5. The van der Waals surface area contributed by atoms with Crippen molar-refractivity contribution in [3.05, 3.63) is 42.0 Å². The van der Waals surface area contributed by atoms with Gasteiger partial charge in [-0.3, -0.25) is 19.3 Å². The van der Waals surface area contributed by atoms with Crippen LogP contribution in [-0.2, 0) is 14.4 Å². The molecule has 24 heavy (non-hydrogen) atoms. The standard InChI is InChI=1S/C17H15N3O4/c1-3-4-9-19-15(22)14(11(2)21)16(23)20(17(19)24)13-8-6-5-7-12(13)10-18/h3-8,14H,9H2,1-2H3. The predicted octanol–water partition coefficient (Wildman–Crippen LogP) is 1.63. The number of imide groups is 2. The molecule has 0 N–H and O–H groups in total. The fraction of sp³-hybridized carbons (Fsp3) is 0.235. The van der Waals surface area contributed by atoms with Crippen LogP contribution in [0.1, 0.15) is 19.4 Å². The smallest absolute Gasteiger partial charge is 0.299 e. The summed E-state index contributed by atoms with van der Waals surface area (Å²) < 4.78 is 0. The number of urea groups is 1. The third-order valence-electron chi connectivity index (χ3n) is 3.60. The second kappa shape index (κ2) is 6.87. The first kappa shape index (κ1) is 17.1. The highest BCUT2D eigenvalue weighted by atomic mass is 16.2. The molecule has 1 fully saturated rings. The van der Waals surface area contributed by atoms with Gasteiger partial charge in [-0.2, -0.15) is 5.26 Å². The van der Waals surface area contributed by atoms with Gasteiger partial charge in [0.2, 0.25) is 0 Å². The Hall–Kier alpha value is -3.27. The number of ketones is 1. The first-order chi connectivity index (χ1) is 11.4. The maximum atomic E-state index is 12.6. The number of barbiturate groups is 1. The molecule has 1 aromatic rings. The van der Waals surface area contributed by atoms with Crippen LogP contribution >= 0.6 is 0 Å². The number of nitriles is 1. The fourth-order valence-corrected chi connectivity index (χ4v) is 2.41. The molecule has 1 atom stereocenters. The monoisotopic (exact) mass is 325 g/mol. The molecule has 122 valence electrons. The number of carbonyl (C=O) groups is 4. The number of para-hydroxylation sites is 1. The van der Waals surface area contributed by atoms with Crippen LogP contribution in [0, 0.1) is 17.2 Å². The lowest BCUT2D eigenvalue weighted by Crippen LogP contribution is -2.61. The van der Waals surface area contributed by atoms with Crippen molar-refractivity contribution in [2.24, 2.45) is 5.92 Å².